The summed E-state index contributed by atoms with van der Waals surface area (Å²) in [5, 5.41) is 0. The summed E-state index contributed by atoms with van der Waals surface area (Å²) in [6, 6.07) is 14.3. The predicted molar refractivity (Wildman–Crippen MR) is 76.2 cm³/mol. The van der Waals surface area contributed by atoms with Crippen LogP contribution in [0.3, 0.4) is 0 Å². The molecule has 0 saturated heterocycles. The van der Waals surface area contributed by atoms with Crippen LogP contribution in [0.1, 0.15) is 18.5 Å². The van der Waals surface area contributed by atoms with Crippen LogP contribution in [0, 0.1) is 5.82 Å². The summed E-state index contributed by atoms with van der Waals surface area (Å²) in [4.78, 5) is -0.301. The van der Waals surface area contributed by atoms with Gasteiger partial charge in [0.1, 0.15) is 10.7 Å². The lowest BCUT2D eigenvalue weighted by atomic mass is 10.1. The molecular formula is C15H16FNO2S. The molecule has 0 N–H and O–H groups in total. The molecule has 0 aliphatic heterocycles. The van der Waals surface area contributed by atoms with Crippen molar-refractivity contribution in [3.63, 3.8) is 0 Å². The molecule has 2 aromatic carbocycles. The monoisotopic (exact) mass is 293 g/mol. The first-order chi connectivity index (χ1) is 9.44. The summed E-state index contributed by atoms with van der Waals surface area (Å²) >= 11 is 0. The highest BCUT2D eigenvalue weighted by Crippen LogP contribution is 2.26. The minimum absolute atomic E-state index is 0.301. The van der Waals surface area contributed by atoms with Gasteiger partial charge in [0.2, 0.25) is 10.0 Å². The summed E-state index contributed by atoms with van der Waals surface area (Å²) in [5.41, 5.74) is 0.856. The van der Waals surface area contributed by atoms with Crippen LogP contribution in [0.25, 0.3) is 0 Å². The van der Waals surface area contributed by atoms with E-state index in [1.165, 1.54) is 29.6 Å². The molecule has 0 spiro atoms. The van der Waals surface area contributed by atoms with Gasteiger partial charge >= 0.3 is 0 Å². The van der Waals surface area contributed by atoms with Gasteiger partial charge in [-0.1, -0.05) is 42.5 Å². The van der Waals surface area contributed by atoms with Gasteiger partial charge in [0.25, 0.3) is 0 Å². The Kier molecular flexibility index (Phi) is 4.20. The number of hydrogen-bond donors (Lipinski definition) is 0. The Morgan fingerprint density at radius 2 is 1.55 bits per heavy atom. The van der Waals surface area contributed by atoms with Crippen molar-refractivity contribution in [1.82, 2.24) is 4.31 Å². The van der Waals surface area contributed by atoms with Gasteiger partial charge < -0.3 is 0 Å². The van der Waals surface area contributed by atoms with E-state index in [-0.39, 0.29) is 10.9 Å². The maximum atomic E-state index is 13.7. The zero-order chi connectivity index (χ0) is 14.8. The van der Waals surface area contributed by atoms with Crippen LogP contribution in [0.4, 0.5) is 4.39 Å². The number of nitrogens with zero attached hydrogens (tertiary/aromatic N) is 1. The smallest absolute Gasteiger partial charge is 0.207 e. The van der Waals surface area contributed by atoms with Crippen molar-refractivity contribution in [3.05, 3.63) is 66.0 Å². The van der Waals surface area contributed by atoms with E-state index in [2.05, 4.69) is 0 Å². The number of halogens is 1. The number of benzene rings is 2. The third kappa shape index (κ3) is 2.73. The van der Waals surface area contributed by atoms with Gasteiger partial charge in [-0.25, -0.2) is 12.8 Å². The fraction of sp³-hybridized carbons (Fsp3) is 0.200. The average Bonchev–Trinajstić information content (AvgIpc) is 2.47. The molecule has 0 aliphatic carbocycles. The molecule has 0 radical (unpaired) electrons. The summed E-state index contributed by atoms with van der Waals surface area (Å²) in [6.07, 6.45) is 0. The lowest BCUT2D eigenvalue weighted by molar-refractivity contribution is 0.395. The quantitative estimate of drug-likeness (QED) is 0.868. The molecule has 0 amide bonds. The lowest BCUT2D eigenvalue weighted by Gasteiger charge is -2.24. The molecule has 0 saturated carbocycles. The Balaban J connectivity index is 2.38. The normalized spacial score (nSPS) is 13.4. The van der Waals surface area contributed by atoms with Crippen LogP contribution >= 0.6 is 0 Å². The maximum Gasteiger partial charge on any atom is 0.246 e. The summed E-state index contributed by atoms with van der Waals surface area (Å²) in [7, 11) is -2.40. The Bertz CT molecular complexity index is 686. The van der Waals surface area contributed by atoms with Gasteiger partial charge in [-0.05, 0) is 24.6 Å². The minimum Gasteiger partial charge on any atom is -0.207 e. The summed E-state index contributed by atoms with van der Waals surface area (Å²) in [5.74, 6) is -0.736. The van der Waals surface area contributed by atoms with Gasteiger partial charge in [-0.3, -0.25) is 0 Å². The Morgan fingerprint density at radius 3 is 2.15 bits per heavy atom. The van der Waals surface area contributed by atoms with Crippen molar-refractivity contribution in [2.24, 2.45) is 0 Å². The molecule has 0 aromatic heterocycles. The van der Waals surface area contributed by atoms with Crippen LogP contribution in [0.5, 0.6) is 0 Å². The molecule has 3 nitrogen and oxygen atoms in total. The molecule has 0 aliphatic rings. The van der Waals surface area contributed by atoms with Gasteiger partial charge in [0.15, 0.2) is 0 Å². The van der Waals surface area contributed by atoms with E-state index >= 15 is 0 Å². The third-order valence-electron chi connectivity index (χ3n) is 3.32. The number of sulfonamides is 1. The van der Waals surface area contributed by atoms with Gasteiger partial charge in [0, 0.05) is 13.1 Å². The third-order valence-corrected chi connectivity index (χ3v) is 5.28. The Morgan fingerprint density at radius 1 is 1.00 bits per heavy atom. The van der Waals surface area contributed by atoms with Crippen molar-refractivity contribution < 1.29 is 12.8 Å². The van der Waals surface area contributed by atoms with E-state index in [0.717, 1.165) is 11.6 Å². The summed E-state index contributed by atoms with van der Waals surface area (Å²) < 4.78 is 39.8. The predicted octanol–water partition coefficient (Wildman–Crippen LogP) is 3.21. The molecule has 1 unspecified atom stereocenters. The first-order valence-electron chi connectivity index (χ1n) is 6.22. The first kappa shape index (κ1) is 14.7. The number of hydrogen-bond acceptors (Lipinski definition) is 2. The molecule has 5 heteroatoms. The van der Waals surface area contributed by atoms with Crippen LogP contribution in [0.2, 0.25) is 0 Å². The maximum absolute atomic E-state index is 13.7. The highest BCUT2D eigenvalue weighted by atomic mass is 32.2. The van der Waals surface area contributed by atoms with E-state index in [9.17, 15) is 12.8 Å². The van der Waals surface area contributed by atoms with Gasteiger partial charge in [0.05, 0.1) is 0 Å². The first-order valence-corrected chi connectivity index (χ1v) is 7.66. The van der Waals surface area contributed by atoms with E-state index in [4.69, 9.17) is 0 Å². The van der Waals surface area contributed by atoms with Gasteiger partial charge in [-0.15, -0.1) is 0 Å². The fourth-order valence-electron chi connectivity index (χ4n) is 1.96. The lowest BCUT2D eigenvalue weighted by Crippen LogP contribution is -2.30. The zero-order valence-electron chi connectivity index (χ0n) is 11.3. The standard InChI is InChI=1S/C15H16FNO2S/c1-12(13-8-4-3-5-9-13)17(2)20(18,19)15-11-7-6-10-14(15)16/h3-12H,1-2H3. The summed E-state index contributed by atoms with van der Waals surface area (Å²) in [6.45, 7) is 1.77. The van der Waals surface area contributed by atoms with Gasteiger partial charge in [-0.2, -0.15) is 4.31 Å². The Hall–Kier alpha value is -1.72. The van der Waals surface area contributed by atoms with E-state index in [1.807, 2.05) is 30.3 Å². The van der Waals surface area contributed by atoms with Crippen LogP contribution in [-0.4, -0.2) is 19.8 Å². The highest BCUT2D eigenvalue weighted by molar-refractivity contribution is 7.89. The molecule has 0 bridgehead atoms. The second-order valence-electron chi connectivity index (χ2n) is 4.54. The van der Waals surface area contributed by atoms with Crippen molar-refractivity contribution in [3.8, 4) is 0 Å². The van der Waals surface area contributed by atoms with Crippen molar-refractivity contribution in [2.45, 2.75) is 17.9 Å². The van der Waals surface area contributed by atoms with Crippen LogP contribution in [0.15, 0.2) is 59.5 Å². The fourth-order valence-corrected chi connectivity index (χ4v) is 3.37. The zero-order valence-corrected chi connectivity index (χ0v) is 12.1. The van der Waals surface area contributed by atoms with Crippen molar-refractivity contribution >= 4 is 10.0 Å². The molecule has 1 atom stereocenters. The highest BCUT2D eigenvalue weighted by Gasteiger charge is 2.28. The molecule has 0 fully saturated rings. The molecule has 20 heavy (non-hydrogen) atoms. The number of rotatable bonds is 4. The molecule has 106 valence electrons. The topological polar surface area (TPSA) is 37.4 Å². The average molecular weight is 293 g/mol. The van der Waals surface area contributed by atoms with E-state index < -0.39 is 15.8 Å². The van der Waals surface area contributed by atoms with E-state index in [1.54, 1.807) is 6.92 Å². The second-order valence-corrected chi connectivity index (χ2v) is 6.50. The SMILES string of the molecule is CC(c1ccccc1)N(C)S(=O)(=O)c1ccccc1F. The molecule has 0 heterocycles. The molecular weight excluding hydrogens is 277 g/mol. The molecule has 2 rings (SSSR count). The van der Waals surface area contributed by atoms with E-state index in [0.29, 0.717) is 0 Å². The van der Waals surface area contributed by atoms with Crippen LogP contribution < -0.4 is 0 Å². The van der Waals surface area contributed by atoms with Crippen molar-refractivity contribution in [2.75, 3.05) is 7.05 Å². The van der Waals surface area contributed by atoms with Crippen LogP contribution in [-0.2, 0) is 10.0 Å². The van der Waals surface area contributed by atoms with Crippen molar-refractivity contribution in [1.29, 1.82) is 0 Å². The second kappa shape index (κ2) is 5.73. The Labute approximate surface area is 118 Å². The minimum atomic E-state index is -3.86. The largest absolute Gasteiger partial charge is 0.246 e. The molecule has 2 aromatic rings.